The van der Waals surface area contributed by atoms with Gasteiger partial charge in [-0.1, -0.05) is 18.2 Å². The third-order valence-electron chi connectivity index (χ3n) is 3.66. The normalized spacial score (nSPS) is 14.0. The third kappa shape index (κ3) is 2.70. The predicted octanol–water partition coefficient (Wildman–Crippen LogP) is 3.65. The van der Waals surface area contributed by atoms with Gasteiger partial charge in [-0.25, -0.2) is 9.97 Å². The number of nitrogens with one attached hydrogen (secondary N) is 2. The molecule has 110 valence electrons. The second-order valence-electron chi connectivity index (χ2n) is 5.61. The van der Waals surface area contributed by atoms with Crippen LogP contribution >= 0.6 is 0 Å². The molecule has 0 atom stereocenters. The van der Waals surface area contributed by atoms with E-state index in [4.69, 9.17) is 0 Å². The van der Waals surface area contributed by atoms with Crippen LogP contribution in [0, 0.1) is 6.92 Å². The molecular weight excluding hydrogens is 274 g/mol. The Hall–Kier alpha value is -2.69. The highest BCUT2D eigenvalue weighted by Gasteiger charge is 2.21. The van der Waals surface area contributed by atoms with Crippen molar-refractivity contribution >= 4 is 28.2 Å². The first-order valence-electron chi connectivity index (χ1n) is 7.51. The molecule has 0 bridgehead atoms. The first-order chi connectivity index (χ1) is 10.8. The third-order valence-corrected chi connectivity index (χ3v) is 3.66. The van der Waals surface area contributed by atoms with Crippen LogP contribution < -0.4 is 10.6 Å². The number of fused-ring (bicyclic) bond motifs is 1. The number of nitrogens with zero attached hydrogens (tertiary/aromatic N) is 3. The molecule has 0 unspecified atom stereocenters. The fourth-order valence-electron chi connectivity index (χ4n) is 2.49. The van der Waals surface area contributed by atoms with Crippen LogP contribution in [0.5, 0.6) is 0 Å². The van der Waals surface area contributed by atoms with Crippen LogP contribution in [0.3, 0.4) is 0 Å². The maximum Gasteiger partial charge on any atom is 0.136 e. The van der Waals surface area contributed by atoms with E-state index in [1.165, 1.54) is 12.8 Å². The van der Waals surface area contributed by atoms with E-state index in [-0.39, 0.29) is 0 Å². The van der Waals surface area contributed by atoms with Crippen molar-refractivity contribution in [1.82, 2.24) is 15.0 Å². The second-order valence-corrected chi connectivity index (χ2v) is 5.61. The zero-order valence-corrected chi connectivity index (χ0v) is 12.4. The highest BCUT2D eigenvalue weighted by Crippen LogP contribution is 2.27. The van der Waals surface area contributed by atoms with Gasteiger partial charge in [0.25, 0.3) is 0 Å². The van der Waals surface area contributed by atoms with Gasteiger partial charge in [-0.05, 0) is 31.9 Å². The Bertz CT molecular complexity index is 821. The van der Waals surface area contributed by atoms with E-state index in [1.54, 1.807) is 6.20 Å². The van der Waals surface area contributed by atoms with E-state index in [0.717, 1.165) is 34.1 Å². The van der Waals surface area contributed by atoms with Gasteiger partial charge in [-0.15, -0.1) is 0 Å². The van der Waals surface area contributed by atoms with Crippen molar-refractivity contribution in [2.24, 2.45) is 0 Å². The van der Waals surface area contributed by atoms with Crippen LogP contribution in [-0.2, 0) is 0 Å². The van der Waals surface area contributed by atoms with Gasteiger partial charge < -0.3 is 10.6 Å². The Balaban J connectivity index is 1.68. The molecule has 5 nitrogen and oxygen atoms in total. The lowest BCUT2D eigenvalue weighted by molar-refractivity contribution is 1.02. The number of rotatable bonds is 4. The molecule has 0 amide bonds. The molecule has 3 aromatic rings. The van der Waals surface area contributed by atoms with Gasteiger partial charge in [0.05, 0.1) is 11.2 Å². The summed E-state index contributed by atoms with van der Waals surface area (Å²) in [7, 11) is 0. The second kappa shape index (κ2) is 5.26. The summed E-state index contributed by atoms with van der Waals surface area (Å²) in [6.45, 7) is 1.91. The van der Waals surface area contributed by atoms with E-state index in [1.807, 2.05) is 31.2 Å². The van der Waals surface area contributed by atoms with Gasteiger partial charge in [-0.3, -0.25) is 4.98 Å². The molecule has 0 radical (unpaired) electrons. The molecule has 1 aromatic carbocycles. The summed E-state index contributed by atoms with van der Waals surface area (Å²) in [4.78, 5) is 13.4. The molecule has 22 heavy (non-hydrogen) atoms. The van der Waals surface area contributed by atoms with Crippen molar-refractivity contribution in [2.75, 3.05) is 10.6 Å². The molecular formula is C17H17N5. The van der Waals surface area contributed by atoms with Gasteiger partial charge in [0.15, 0.2) is 0 Å². The summed E-state index contributed by atoms with van der Waals surface area (Å²) < 4.78 is 0. The Morgan fingerprint density at radius 3 is 2.73 bits per heavy atom. The minimum Gasteiger partial charge on any atom is -0.367 e. The quantitative estimate of drug-likeness (QED) is 0.768. The summed E-state index contributed by atoms with van der Waals surface area (Å²) in [6, 6.07) is 12.6. The number of hydrogen-bond acceptors (Lipinski definition) is 5. The molecule has 1 aliphatic rings. The zero-order chi connectivity index (χ0) is 14.9. The van der Waals surface area contributed by atoms with Crippen LogP contribution in [0.2, 0.25) is 0 Å². The van der Waals surface area contributed by atoms with E-state index in [0.29, 0.717) is 6.04 Å². The molecule has 0 saturated heterocycles. The summed E-state index contributed by atoms with van der Waals surface area (Å²) >= 11 is 0. The average molecular weight is 291 g/mol. The van der Waals surface area contributed by atoms with Crippen molar-refractivity contribution in [1.29, 1.82) is 0 Å². The van der Waals surface area contributed by atoms with Crippen LogP contribution in [0.1, 0.15) is 18.7 Å². The van der Waals surface area contributed by atoms with E-state index >= 15 is 0 Å². The lowest BCUT2D eigenvalue weighted by atomic mass is 10.2. The van der Waals surface area contributed by atoms with Crippen LogP contribution in [0.15, 0.2) is 42.6 Å². The summed E-state index contributed by atoms with van der Waals surface area (Å²) in [5.74, 6) is 2.42. The SMILES string of the molecule is Cc1nc(Nc2cccc3cccnc23)cc(NC2CC2)n1. The monoisotopic (exact) mass is 291 g/mol. The first-order valence-corrected chi connectivity index (χ1v) is 7.51. The Labute approximate surface area is 128 Å². The first kappa shape index (κ1) is 13.0. The van der Waals surface area contributed by atoms with Gasteiger partial charge in [0, 0.05) is 23.7 Å². The minimum atomic E-state index is 0.571. The number of para-hydroxylation sites is 1. The van der Waals surface area contributed by atoms with Gasteiger partial charge >= 0.3 is 0 Å². The molecule has 4 rings (SSSR count). The summed E-state index contributed by atoms with van der Waals surface area (Å²) in [5, 5.41) is 7.89. The molecule has 1 fully saturated rings. The molecule has 5 heteroatoms. The molecule has 1 saturated carbocycles. The highest BCUT2D eigenvalue weighted by atomic mass is 15.1. The molecule has 1 aliphatic carbocycles. The standard InChI is InChI=1S/C17H17N5/c1-11-19-15(21-13-7-8-13)10-16(20-11)22-14-6-2-4-12-5-3-9-18-17(12)14/h2-6,9-10,13H,7-8H2,1H3,(H2,19,20,21,22). The number of anilines is 3. The highest BCUT2D eigenvalue weighted by molar-refractivity contribution is 5.91. The average Bonchev–Trinajstić information content (AvgIpc) is 3.31. The van der Waals surface area contributed by atoms with Crippen LogP contribution in [0.4, 0.5) is 17.3 Å². The topological polar surface area (TPSA) is 62.7 Å². The molecule has 2 N–H and O–H groups in total. The lowest BCUT2D eigenvalue weighted by Crippen LogP contribution is -2.06. The summed E-state index contributed by atoms with van der Waals surface area (Å²) in [6.07, 6.45) is 4.25. The summed E-state index contributed by atoms with van der Waals surface area (Å²) in [5.41, 5.74) is 1.89. The van der Waals surface area contributed by atoms with Crippen LogP contribution in [0.25, 0.3) is 10.9 Å². The Morgan fingerprint density at radius 1 is 1.05 bits per heavy atom. The molecule has 0 aliphatic heterocycles. The fourth-order valence-corrected chi connectivity index (χ4v) is 2.49. The number of hydrogen-bond donors (Lipinski definition) is 2. The van der Waals surface area contributed by atoms with Gasteiger partial charge in [-0.2, -0.15) is 0 Å². The van der Waals surface area contributed by atoms with Crippen molar-refractivity contribution in [2.45, 2.75) is 25.8 Å². The van der Waals surface area contributed by atoms with Crippen molar-refractivity contribution in [3.63, 3.8) is 0 Å². The Morgan fingerprint density at radius 2 is 1.86 bits per heavy atom. The number of benzene rings is 1. The minimum absolute atomic E-state index is 0.571. The van der Waals surface area contributed by atoms with E-state index in [2.05, 4.69) is 37.7 Å². The zero-order valence-electron chi connectivity index (χ0n) is 12.4. The maximum atomic E-state index is 4.47. The molecule has 2 heterocycles. The van der Waals surface area contributed by atoms with Crippen molar-refractivity contribution < 1.29 is 0 Å². The largest absolute Gasteiger partial charge is 0.367 e. The number of aryl methyl sites for hydroxylation is 1. The predicted molar refractivity (Wildman–Crippen MR) is 88.4 cm³/mol. The van der Waals surface area contributed by atoms with E-state index in [9.17, 15) is 0 Å². The van der Waals surface area contributed by atoms with Crippen molar-refractivity contribution in [3.8, 4) is 0 Å². The maximum absolute atomic E-state index is 4.47. The smallest absolute Gasteiger partial charge is 0.136 e. The van der Waals surface area contributed by atoms with Crippen molar-refractivity contribution in [3.05, 3.63) is 48.4 Å². The Kier molecular flexibility index (Phi) is 3.11. The molecule has 0 spiro atoms. The van der Waals surface area contributed by atoms with Crippen LogP contribution in [-0.4, -0.2) is 21.0 Å². The van der Waals surface area contributed by atoms with E-state index < -0.39 is 0 Å². The van der Waals surface area contributed by atoms with Gasteiger partial charge in [0.1, 0.15) is 17.5 Å². The van der Waals surface area contributed by atoms with Gasteiger partial charge in [0.2, 0.25) is 0 Å². The lowest BCUT2D eigenvalue weighted by Gasteiger charge is -2.11. The number of aromatic nitrogens is 3. The fraction of sp³-hybridized carbons (Fsp3) is 0.235. The number of pyridine rings is 1. The molecule has 2 aromatic heterocycles.